The predicted molar refractivity (Wildman–Crippen MR) is 71.7 cm³/mol. The van der Waals surface area contributed by atoms with E-state index in [1.165, 1.54) is 6.26 Å². The van der Waals surface area contributed by atoms with Crippen molar-refractivity contribution in [2.24, 2.45) is 0 Å². The quantitative estimate of drug-likeness (QED) is 0.933. The minimum atomic E-state index is -1.28. The molecule has 2 rings (SSSR count). The van der Waals surface area contributed by atoms with Crippen LogP contribution in [0.4, 0.5) is 0 Å². The fourth-order valence-electron chi connectivity index (χ4n) is 1.81. The van der Waals surface area contributed by atoms with Crippen LogP contribution in [0, 0.1) is 13.8 Å². The van der Waals surface area contributed by atoms with Crippen molar-refractivity contribution in [2.75, 3.05) is 0 Å². The maximum Gasteiger partial charge on any atom is 0.372 e. The van der Waals surface area contributed by atoms with Gasteiger partial charge in [-0.2, -0.15) is 0 Å². The van der Waals surface area contributed by atoms with Gasteiger partial charge in [-0.15, -0.1) is 0 Å². The van der Waals surface area contributed by atoms with Crippen molar-refractivity contribution in [2.45, 2.75) is 24.5 Å². The number of furan rings is 1. The van der Waals surface area contributed by atoms with E-state index in [4.69, 9.17) is 9.52 Å². The summed E-state index contributed by atoms with van der Waals surface area (Å²) in [6.07, 6.45) is 1.30. The van der Waals surface area contributed by atoms with Gasteiger partial charge in [0.25, 0.3) is 0 Å². The second-order valence-corrected chi connectivity index (χ2v) is 5.76. The van der Waals surface area contributed by atoms with Crippen LogP contribution in [0.5, 0.6) is 0 Å². The fraction of sp³-hybridized carbons (Fsp3) is 0.214. The lowest BCUT2D eigenvalue weighted by Crippen LogP contribution is -2.04. The number of aryl methyl sites for hydroxylation is 2. The highest BCUT2D eigenvalue weighted by Crippen LogP contribution is 2.20. The second kappa shape index (κ2) is 5.40. The predicted octanol–water partition coefficient (Wildman–Crippen LogP) is 2.90. The van der Waals surface area contributed by atoms with Gasteiger partial charge in [0.2, 0.25) is 5.76 Å². The molecule has 0 aliphatic rings. The summed E-state index contributed by atoms with van der Waals surface area (Å²) in [5.74, 6) is -1.14. The Bertz CT molecular complexity index is 643. The first-order valence-electron chi connectivity index (χ1n) is 5.74. The third-order valence-electron chi connectivity index (χ3n) is 2.82. The summed E-state index contributed by atoms with van der Waals surface area (Å²) in [7, 11) is -1.28. The van der Waals surface area contributed by atoms with Crippen LogP contribution in [0.25, 0.3) is 0 Å². The van der Waals surface area contributed by atoms with Gasteiger partial charge in [0.1, 0.15) is 0 Å². The third kappa shape index (κ3) is 2.93. The standard InChI is InChI=1S/C14H14O4S/c1-9-3-4-10(2)12(7-9)19(17)8-11-5-6-18-13(11)14(15)16/h3-7H,8H2,1-2H3,(H,15,16). The van der Waals surface area contributed by atoms with Gasteiger partial charge in [0, 0.05) is 10.5 Å². The summed E-state index contributed by atoms with van der Waals surface area (Å²) in [5, 5.41) is 8.94. The molecule has 0 fully saturated rings. The normalized spacial score (nSPS) is 12.3. The van der Waals surface area contributed by atoms with Crippen molar-refractivity contribution in [1.82, 2.24) is 0 Å². The van der Waals surface area contributed by atoms with Gasteiger partial charge >= 0.3 is 5.97 Å². The fourth-order valence-corrected chi connectivity index (χ4v) is 3.22. The smallest absolute Gasteiger partial charge is 0.372 e. The summed E-state index contributed by atoms with van der Waals surface area (Å²) >= 11 is 0. The number of hydrogen-bond donors (Lipinski definition) is 1. The van der Waals surface area contributed by atoms with Crippen LogP contribution in [-0.4, -0.2) is 15.3 Å². The van der Waals surface area contributed by atoms with Crippen LogP contribution in [0.2, 0.25) is 0 Å². The highest BCUT2D eigenvalue weighted by Gasteiger charge is 2.17. The van der Waals surface area contributed by atoms with E-state index < -0.39 is 16.8 Å². The Balaban J connectivity index is 2.28. The SMILES string of the molecule is Cc1ccc(C)c(S(=O)Cc2ccoc2C(=O)O)c1. The lowest BCUT2D eigenvalue weighted by Gasteiger charge is -2.06. The van der Waals surface area contributed by atoms with E-state index in [9.17, 15) is 9.00 Å². The van der Waals surface area contributed by atoms with Crippen LogP contribution < -0.4 is 0 Å². The van der Waals surface area contributed by atoms with E-state index in [2.05, 4.69) is 0 Å². The molecule has 100 valence electrons. The van der Waals surface area contributed by atoms with Crippen molar-refractivity contribution in [3.8, 4) is 0 Å². The zero-order chi connectivity index (χ0) is 14.0. The number of rotatable bonds is 4. The molecule has 4 nitrogen and oxygen atoms in total. The zero-order valence-electron chi connectivity index (χ0n) is 10.7. The number of carboxylic acids is 1. The molecule has 0 spiro atoms. The van der Waals surface area contributed by atoms with Gasteiger partial charge < -0.3 is 9.52 Å². The number of benzene rings is 1. The Morgan fingerprint density at radius 3 is 2.74 bits per heavy atom. The number of aromatic carboxylic acids is 1. The summed E-state index contributed by atoms with van der Waals surface area (Å²) in [6, 6.07) is 7.28. The molecule has 1 aromatic heterocycles. The van der Waals surface area contributed by atoms with Gasteiger partial charge in [0.15, 0.2) is 0 Å². The average Bonchev–Trinajstić information content (AvgIpc) is 2.80. The van der Waals surface area contributed by atoms with Crippen molar-refractivity contribution in [1.29, 1.82) is 0 Å². The highest BCUT2D eigenvalue weighted by atomic mass is 32.2. The number of hydrogen-bond acceptors (Lipinski definition) is 3. The van der Waals surface area contributed by atoms with Crippen LogP contribution in [-0.2, 0) is 16.6 Å². The molecule has 2 aromatic rings. The molecule has 0 aliphatic carbocycles. The second-order valence-electron chi connectivity index (χ2n) is 4.34. The van der Waals surface area contributed by atoms with E-state index in [0.29, 0.717) is 5.56 Å². The Labute approximate surface area is 113 Å². The number of carbonyl (C=O) groups is 1. The van der Waals surface area contributed by atoms with Crippen molar-refractivity contribution in [3.05, 3.63) is 53.0 Å². The summed E-state index contributed by atoms with van der Waals surface area (Å²) < 4.78 is 17.2. The number of carboxylic acid groups (broad SMARTS) is 1. The largest absolute Gasteiger partial charge is 0.475 e. The minimum Gasteiger partial charge on any atom is -0.475 e. The molecular weight excluding hydrogens is 264 g/mol. The molecule has 0 aliphatic heterocycles. The molecule has 1 unspecified atom stereocenters. The summed E-state index contributed by atoms with van der Waals surface area (Å²) in [5.41, 5.74) is 2.41. The molecule has 1 aromatic carbocycles. The van der Waals surface area contributed by atoms with Gasteiger partial charge in [-0.25, -0.2) is 4.79 Å². The monoisotopic (exact) mass is 278 g/mol. The molecule has 5 heteroatoms. The topological polar surface area (TPSA) is 67.5 Å². The van der Waals surface area contributed by atoms with Crippen molar-refractivity contribution in [3.63, 3.8) is 0 Å². The molecule has 0 radical (unpaired) electrons. The first-order valence-corrected chi connectivity index (χ1v) is 7.06. The van der Waals surface area contributed by atoms with E-state index in [0.717, 1.165) is 16.0 Å². The Morgan fingerprint density at radius 1 is 1.32 bits per heavy atom. The Morgan fingerprint density at radius 2 is 2.05 bits per heavy atom. The first kappa shape index (κ1) is 13.5. The molecule has 0 amide bonds. The maximum atomic E-state index is 12.3. The summed E-state index contributed by atoms with van der Waals surface area (Å²) in [4.78, 5) is 11.7. The third-order valence-corrected chi connectivity index (χ3v) is 4.32. The Kier molecular flexibility index (Phi) is 3.85. The molecule has 0 bridgehead atoms. The average molecular weight is 278 g/mol. The Hall–Kier alpha value is -1.88. The van der Waals surface area contributed by atoms with Crippen LogP contribution in [0.15, 0.2) is 39.8 Å². The summed E-state index contributed by atoms with van der Waals surface area (Å²) in [6.45, 7) is 3.82. The van der Waals surface area contributed by atoms with E-state index in [1.807, 2.05) is 32.0 Å². The van der Waals surface area contributed by atoms with Crippen LogP contribution in [0.1, 0.15) is 27.2 Å². The van der Waals surface area contributed by atoms with E-state index in [-0.39, 0.29) is 11.5 Å². The van der Waals surface area contributed by atoms with Gasteiger partial charge in [-0.1, -0.05) is 12.1 Å². The molecular formula is C14H14O4S. The zero-order valence-corrected chi connectivity index (χ0v) is 11.5. The van der Waals surface area contributed by atoms with Gasteiger partial charge in [0.05, 0.1) is 22.8 Å². The van der Waals surface area contributed by atoms with Gasteiger partial charge in [-0.05, 0) is 37.1 Å². The molecule has 1 heterocycles. The van der Waals surface area contributed by atoms with Crippen LogP contribution in [0.3, 0.4) is 0 Å². The van der Waals surface area contributed by atoms with E-state index in [1.54, 1.807) is 6.07 Å². The van der Waals surface area contributed by atoms with Crippen LogP contribution >= 0.6 is 0 Å². The lowest BCUT2D eigenvalue weighted by atomic mass is 10.2. The van der Waals surface area contributed by atoms with Crippen molar-refractivity contribution >= 4 is 16.8 Å². The lowest BCUT2D eigenvalue weighted by molar-refractivity contribution is 0.0661. The molecule has 0 saturated carbocycles. The van der Waals surface area contributed by atoms with Gasteiger partial charge in [-0.3, -0.25) is 4.21 Å². The molecule has 1 atom stereocenters. The molecule has 1 N–H and O–H groups in total. The first-order chi connectivity index (χ1) is 8.99. The van der Waals surface area contributed by atoms with Crippen molar-refractivity contribution < 1.29 is 18.5 Å². The minimum absolute atomic E-state index is 0.140. The van der Waals surface area contributed by atoms with E-state index >= 15 is 0 Å². The molecule has 19 heavy (non-hydrogen) atoms. The molecule has 0 saturated heterocycles. The maximum absolute atomic E-state index is 12.3. The highest BCUT2D eigenvalue weighted by molar-refractivity contribution is 7.84.